The van der Waals surface area contributed by atoms with Crippen molar-refractivity contribution in [1.82, 2.24) is 0 Å². The van der Waals surface area contributed by atoms with Gasteiger partial charge in [0.2, 0.25) is 0 Å². The van der Waals surface area contributed by atoms with Crippen LogP contribution in [-0.4, -0.2) is 18.8 Å². The number of thiophene rings is 1. The maximum atomic E-state index is 9.47. The Morgan fingerprint density at radius 1 is 1.11 bits per heavy atom. The quantitative estimate of drug-likeness (QED) is 0.866. The Morgan fingerprint density at radius 3 is 2.39 bits per heavy atom. The molecule has 0 bridgehead atoms. The Kier molecular flexibility index (Phi) is 4.79. The summed E-state index contributed by atoms with van der Waals surface area (Å²) in [6.07, 6.45) is 1.84. The summed E-state index contributed by atoms with van der Waals surface area (Å²) in [5, 5.41) is 13.7. The van der Waals surface area contributed by atoms with Crippen LogP contribution in [0.25, 0.3) is 0 Å². The molecule has 0 amide bonds. The fourth-order valence-corrected chi connectivity index (χ4v) is 2.72. The summed E-state index contributed by atoms with van der Waals surface area (Å²) in [6, 6.07) is 10.2. The van der Waals surface area contributed by atoms with E-state index in [-0.39, 0.29) is 12.5 Å². The Hall–Kier alpha value is -1.32. The van der Waals surface area contributed by atoms with Gasteiger partial charge in [0.25, 0.3) is 0 Å². The highest BCUT2D eigenvalue weighted by molar-refractivity contribution is 7.07. The van der Waals surface area contributed by atoms with Gasteiger partial charge in [-0.3, -0.25) is 0 Å². The third kappa shape index (κ3) is 3.59. The second-order valence-electron chi connectivity index (χ2n) is 4.44. The number of aliphatic hydroxyl groups is 1. The molecule has 0 saturated heterocycles. The molecule has 2 aromatic rings. The van der Waals surface area contributed by atoms with Crippen molar-refractivity contribution < 1.29 is 9.84 Å². The SMILES string of the molecule is COc1ccc(CC(CO)Cc2ccsc2)cc1. The monoisotopic (exact) mass is 262 g/mol. The Bertz CT molecular complexity index is 448. The van der Waals surface area contributed by atoms with Crippen molar-refractivity contribution in [2.24, 2.45) is 5.92 Å². The number of aliphatic hydroxyl groups excluding tert-OH is 1. The van der Waals surface area contributed by atoms with Crippen LogP contribution < -0.4 is 4.74 Å². The van der Waals surface area contributed by atoms with E-state index in [1.807, 2.05) is 12.1 Å². The molecule has 0 aliphatic carbocycles. The van der Waals surface area contributed by atoms with Crippen LogP contribution >= 0.6 is 11.3 Å². The summed E-state index contributed by atoms with van der Waals surface area (Å²) in [4.78, 5) is 0. The van der Waals surface area contributed by atoms with Crippen LogP contribution in [0.15, 0.2) is 41.1 Å². The first-order valence-corrected chi connectivity index (χ1v) is 7.01. The van der Waals surface area contributed by atoms with Gasteiger partial charge in [-0.1, -0.05) is 12.1 Å². The lowest BCUT2D eigenvalue weighted by Gasteiger charge is -2.13. The highest BCUT2D eigenvalue weighted by Gasteiger charge is 2.10. The molecule has 2 nitrogen and oxygen atoms in total. The van der Waals surface area contributed by atoms with E-state index in [4.69, 9.17) is 4.74 Å². The van der Waals surface area contributed by atoms with E-state index in [1.165, 1.54) is 11.1 Å². The summed E-state index contributed by atoms with van der Waals surface area (Å²) in [5.74, 6) is 1.16. The maximum Gasteiger partial charge on any atom is 0.118 e. The van der Waals surface area contributed by atoms with Gasteiger partial charge in [0.05, 0.1) is 7.11 Å². The molecule has 1 heterocycles. The van der Waals surface area contributed by atoms with E-state index in [0.29, 0.717) is 0 Å². The third-order valence-corrected chi connectivity index (χ3v) is 3.78. The summed E-state index contributed by atoms with van der Waals surface area (Å²) >= 11 is 1.71. The molecule has 0 fully saturated rings. The Balaban J connectivity index is 1.96. The molecule has 0 aliphatic rings. The van der Waals surface area contributed by atoms with Gasteiger partial charge in [0.15, 0.2) is 0 Å². The molecule has 1 aromatic carbocycles. The average molecular weight is 262 g/mol. The van der Waals surface area contributed by atoms with E-state index in [9.17, 15) is 5.11 Å². The van der Waals surface area contributed by atoms with Gasteiger partial charge in [-0.05, 0) is 58.8 Å². The minimum absolute atomic E-state index is 0.224. The van der Waals surface area contributed by atoms with E-state index in [1.54, 1.807) is 18.4 Å². The Morgan fingerprint density at radius 2 is 1.83 bits per heavy atom. The molecule has 3 heteroatoms. The number of methoxy groups -OCH3 is 1. The van der Waals surface area contributed by atoms with E-state index in [0.717, 1.165) is 18.6 Å². The second-order valence-corrected chi connectivity index (χ2v) is 5.22. The molecule has 2 rings (SSSR count). The summed E-state index contributed by atoms with van der Waals surface area (Å²) in [5.41, 5.74) is 2.55. The van der Waals surface area contributed by atoms with Crippen molar-refractivity contribution in [2.45, 2.75) is 12.8 Å². The van der Waals surface area contributed by atoms with Crippen molar-refractivity contribution in [3.8, 4) is 5.75 Å². The van der Waals surface area contributed by atoms with Gasteiger partial charge in [-0.25, -0.2) is 0 Å². The molecule has 1 N–H and O–H groups in total. The van der Waals surface area contributed by atoms with Crippen LogP contribution in [0.1, 0.15) is 11.1 Å². The van der Waals surface area contributed by atoms with Gasteiger partial charge >= 0.3 is 0 Å². The predicted molar refractivity (Wildman–Crippen MR) is 75.3 cm³/mol. The molecule has 0 radical (unpaired) electrons. The molecule has 0 saturated carbocycles. The number of hydrogen-bond donors (Lipinski definition) is 1. The molecule has 0 aliphatic heterocycles. The van der Waals surface area contributed by atoms with Crippen LogP contribution in [0, 0.1) is 5.92 Å². The summed E-state index contributed by atoms with van der Waals surface area (Å²) < 4.78 is 5.14. The molecule has 96 valence electrons. The van der Waals surface area contributed by atoms with Crippen LogP contribution in [0.4, 0.5) is 0 Å². The molecule has 1 aromatic heterocycles. The number of benzene rings is 1. The van der Waals surface area contributed by atoms with Crippen LogP contribution in [-0.2, 0) is 12.8 Å². The van der Waals surface area contributed by atoms with E-state index in [2.05, 4.69) is 29.0 Å². The first-order valence-electron chi connectivity index (χ1n) is 6.06. The molecular weight excluding hydrogens is 244 g/mol. The van der Waals surface area contributed by atoms with Gasteiger partial charge in [-0.15, -0.1) is 0 Å². The normalized spacial score (nSPS) is 12.3. The number of hydrogen-bond acceptors (Lipinski definition) is 3. The van der Waals surface area contributed by atoms with Crippen molar-refractivity contribution in [2.75, 3.05) is 13.7 Å². The van der Waals surface area contributed by atoms with Gasteiger partial charge in [0, 0.05) is 6.61 Å². The highest BCUT2D eigenvalue weighted by atomic mass is 32.1. The minimum Gasteiger partial charge on any atom is -0.497 e. The average Bonchev–Trinajstić information content (AvgIpc) is 2.91. The number of ether oxygens (including phenoxy) is 1. The zero-order valence-electron chi connectivity index (χ0n) is 10.5. The second kappa shape index (κ2) is 6.57. The summed E-state index contributed by atoms with van der Waals surface area (Å²) in [7, 11) is 1.67. The van der Waals surface area contributed by atoms with Crippen molar-refractivity contribution in [3.05, 3.63) is 52.2 Å². The lowest BCUT2D eigenvalue weighted by atomic mass is 9.94. The van der Waals surface area contributed by atoms with Gasteiger partial charge in [0.1, 0.15) is 5.75 Å². The third-order valence-electron chi connectivity index (χ3n) is 3.05. The standard InChI is InChI=1S/C15H18O2S/c1-17-15-4-2-12(3-5-15)8-14(10-16)9-13-6-7-18-11-13/h2-7,11,14,16H,8-10H2,1H3. The van der Waals surface area contributed by atoms with Crippen LogP contribution in [0.2, 0.25) is 0 Å². The van der Waals surface area contributed by atoms with Crippen molar-refractivity contribution in [3.63, 3.8) is 0 Å². The van der Waals surface area contributed by atoms with E-state index >= 15 is 0 Å². The molecular formula is C15H18O2S. The Labute approximate surface area is 112 Å². The molecule has 0 spiro atoms. The maximum absolute atomic E-state index is 9.47. The molecule has 1 unspecified atom stereocenters. The highest BCUT2D eigenvalue weighted by Crippen LogP contribution is 2.18. The fourth-order valence-electron chi connectivity index (χ4n) is 2.04. The van der Waals surface area contributed by atoms with Gasteiger partial charge < -0.3 is 9.84 Å². The van der Waals surface area contributed by atoms with Crippen LogP contribution in [0.5, 0.6) is 5.75 Å². The van der Waals surface area contributed by atoms with Gasteiger partial charge in [-0.2, -0.15) is 11.3 Å². The smallest absolute Gasteiger partial charge is 0.118 e. The first-order chi connectivity index (χ1) is 8.81. The number of rotatable bonds is 6. The first kappa shape index (κ1) is 13.1. The summed E-state index contributed by atoms with van der Waals surface area (Å²) in [6.45, 7) is 0.224. The van der Waals surface area contributed by atoms with Crippen molar-refractivity contribution >= 4 is 11.3 Å². The zero-order chi connectivity index (χ0) is 12.8. The minimum atomic E-state index is 0.224. The topological polar surface area (TPSA) is 29.5 Å². The molecule has 18 heavy (non-hydrogen) atoms. The van der Waals surface area contributed by atoms with Crippen molar-refractivity contribution in [1.29, 1.82) is 0 Å². The zero-order valence-corrected chi connectivity index (χ0v) is 11.3. The van der Waals surface area contributed by atoms with E-state index < -0.39 is 0 Å². The predicted octanol–water partition coefficient (Wildman–Crippen LogP) is 3.15. The lowest BCUT2D eigenvalue weighted by molar-refractivity contribution is 0.225. The largest absolute Gasteiger partial charge is 0.497 e. The molecule has 1 atom stereocenters. The fraction of sp³-hybridized carbons (Fsp3) is 0.333. The van der Waals surface area contributed by atoms with Crippen LogP contribution in [0.3, 0.4) is 0 Å². The lowest BCUT2D eigenvalue weighted by Crippen LogP contribution is -2.12.